The molecule has 0 aliphatic carbocycles. The van der Waals surface area contributed by atoms with E-state index < -0.39 is 41.4 Å². The third kappa shape index (κ3) is 7.81. The molecule has 0 fully saturated rings. The van der Waals surface area contributed by atoms with Crippen LogP contribution in [0.15, 0.2) is 24.3 Å². The lowest BCUT2D eigenvalue weighted by atomic mass is 10.2. The summed E-state index contributed by atoms with van der Waals surface area (Å²) in [7, 11) is 0. The molecule has 4 amide bonds. The number of non-ortho nitro benzene ring substituents is 1. The molecule has 0 aromatic heterocycles. The van der Waals surface area contributed by atoms with E-state index in [2.05, 4.69) is 10.6 Å². The van der Waals surface area contributed by atoms with Crippen LogP contribution in [0.1, 0.15) is 37.0 Å². The number of rotatable bonds is 9. The van der Waals surface area contributed by atoms with Crippen molar-refractivity contribution in [2.45, 2.75) is 32.7 Å². The number of imide groups is 1. The number of unbranched alkanes of at least 4 members (excludes halogenated alkanes) is 1. The number of nitro groups is 1. The number of amides is 4. The van der Waals surface area contributed by atoms with Crippen LogP contribution in [0.3, 0.4) is 0 Å². The van der Waals surface area contributed by atoms with Gasteiger partial charge in [-0.2, -0.15) is 0 Å². The molecular formula is C17H22N4O7. The van der Waals surface area contributed by atoms with Crippen molar-refractivity contribution in [2.24, 2.45) is 0 Å². The van der Waals surface area contributed by atoms with Crippen molar-refractivity contribution in [1.82, 2.24) is 16.0 Å². The van der Waals surface area contributed by atoms with E-state index in [9.17, 15) is 29.3 Å². The van der Waals surface area contributed by atoms with Crippen molar-refractivity contribution in [2.75, 3.05) is 13.2 Å². The second kappa shape index (κ2) is 11.3. The van der Waals surface area contributed by atoms with Gasteiger partial charge in [-0.3, -0.25) is 25.0 Å². The maximum atomic E-state index is 12.1. The minimum Gasteiger partial charge on any atom is -0.454 e. The molecule has 11 nitrogen and oxygen atoms in total. The van der Waals surface area contributed by atoms with Crippen molar-refractivity contribution in [3.05, 3.63) is 39.9 Å². The Bertz CT molecular complexity index is 751. The molecule has 0 saturated carbocycles. The summed E-state index contributed by atoms with van der Waals surface area (Å²) < 4.78 is 4.74. The van der Waals surface area contributed by atoms with Crippen LogP contribution in [-0.2, 0) is 14.3 Å². The van der Waals surface area contributed by atoms with Crippen LogP contribution in [0.4, 0.5) is 10.5 Å². The number of hydrogen-bond donors (Lipinski definition) is 3. The molecule has 1 aromatic rings. The molecule has 28 heavy (non-hydrogen) atoms. The predicted octanol–water partition coefficient (Wildman–Crippen LogP) is 0.882. The molecule has 0 radical (unpaired) electrons. The summed E-state index contributed by atoms with van der Waals surface area (Å²) in [6.07, 6.45) is 1.64. The van der Waals surface area contributed by atoms with Crippen molar-refractivity contribution in [1.29, 1.82) is 0 Å². The predicted molar refractivity (Wildman–Crippen MR) is 97.4 cm³/mol. The quantitative estimate of drug-likeness (QED) is 0.243. The summed E-state index contributed by atoms with van der Waals surface area (Å²) in [5.74, 6) is -2.44. The Labute approximate surface area is 161 Å². The highest BCUT2D eigenvalue weighted by atomic mass is 16.6. The van der Waals surface area contributed by atoms with Crippen molar-refractivity contribution in [3.8, 4) is 0 Å². The Morgan fingerprint density at radius 3 is 2.61 bits per heavy atom. The average Bonchev–Trinajstić information content (AvgIpc) is 2.66. The number of carbonyl (C=O) groups excluding carboxylic acids is 4. The molecule has 0 bridgehead atoms. The number of nitrogens with one attached hydrogen (secondary N) is 3. The minimum absolute atomic E-state index is 0.00431. The van der Waals surface area contributed by atoms with Gasteiger partial charge < -0.3 is 15.4 Å². The molecule has 0 saturated heterocycles. The van der Waals surface area contributed by atoms with E-state index in [0.29, 0.717) is 6.54 Å². The topological polar surface area (TPSA) is 157 Å². The Hall–Kier alpha value is -3.50. The molecular weight excluding hydrogens is 372 g/mol. The van der Waals surface area contributed by atoms with Crippen LogP contribution in [0.25, 0.3) is 0 Å². The highest BCUT2D eigenvalue weighted by Gasteiger charge is 2.20. The molecule has 3 N–H and O–H groups in total. The maximum absolute atomic E-state index is 12.1. The van der Waals surface area contributed by atoms with Gasteiger partial charge in [-0.05, 0) is 19.4 Å². The molecule has 152 valence electrons. The summed E-state index contributed by atoms with van der Waals surface area (Å²) in [6, 6.07) is 3.18. The van der Waals surface area contributed by atoms with E-state index in [0.717, 1.165) is 18.9 Å². The second-order valence-electron chi connectivity index (χ2n) is 5.77. The Morgan fingerprint density at radius 1 is 1.25 bits per heavy atom. The molecule has 1 atom stereocenters. The van der Waals surface area contributed by atoms with Gasteiger partial charge in [-0.15, -0.1) is 0 Å². The fourth-order valence-corrected chi connectivity index (χ4v) is 1.95. The van der Waals surface area contributed by atoms with Crippen LogP contribution in [0, 0.1) is 10.1 Å². The van der Waals surface area contributed by atoms with E-state index in [-0.39, 0.29) is 11.3 Å². The van der Waals surface area contributed by atoms with Gasteiger partial charge in [-0.1, -0.05) is 19.4 Å². The number of nitrogens with zero attached hydrogens (tertiary/aromatic N) is 1. The number of urea groups is 1. The number of ether oxygens (including phenoxy) is 1. The van der Waals surface area contributed by atoms with Gasteiger partial charge in [0.15, 0.2) is 6.61 Å². The highest BCUT2D eigenvalue weighted by molar-refractivity contribution is 5.98. The van der Waals surface area contributed by atoms with Gasteiger partial charge in [0.1, 0.15) is 6.04 Å². The summed E-state index contributed by atoms with van der Waals surface area (Å²) in [6.45, 7) is 2.99. The summed E-state index contributed by atoms with van der Waals surface area (Å²) in [5.41, 5.74) is -0.271. The van der Waals surface area contributed by atoms with Gasteiger partial charge in [0.25, 0.3) is 17.5 Å². The lowest BCUT2D eigenvalue weighted by Gasteiger charge is -2.13. The Kier molecular flexibility index (Phi) is 9.07. The van der Waals surface area contributed by atoms with Gasteiger partial charge in [0.05, 0.1) is 4.92 Å². The van der Waals surface area contributed by atoms with Gasteiger partial charge in [-0.25, -0.2) is 9.59 Å². The molecule has 0 heterocycles. The second-order valence-corrected chi connectivity index (χ2v) is 5.77. The summed E-state index contributed by atoms with van der Waals surface area (Å²) in [5, 5.41) is 17.5. The average molecular weight is 394 g/mol. The molecule has 1 rings (SSSR count). The molecule has 0 unspecified atom stereocenters. The fourth-order valence-electron chi connectivity index (χ4n) is 1.95. The van der Waals surface area contributed by atoms with E-state index in [1.165, 1.54) is 25.1 Å². The first-order valence-electron chi connectivity index (χ1n) is 8.54. The van der Waals surface area contributed by atoms with Crippen LogP contribution in [-0.4, -0.2) is 47.9 Å². The normalized spacial score (nSPS) is 11.1. The summed E-state index contributed by atoms with van der Waals surface area (Å²) in [4.78, 5) is 57.0. The minimum atomic E-state index is -1.11. The molecule has 1 aromatic carbocycles. The molecule has 0 aliphatic rings. The monoisotopic (exact) mass is 394 g/mol. The lowest BCUT2D eigenvalue weighted by Crippen LogP contribution is -2.43. The number of hydrogen-bond acceptors (Lipinski definition) is 7. The van der Waals surface area contributed by atoms with E-state index in [1.807, 2.05) is 12.2 Å². The van der Waals surface area contributed by atoms with Crippen LogP contribution in [0.2, 0.25) is 0 Å². The molecule has 0 spiro atoms. The Morgan fingerprint density at radius 2 is 1.96 bits per heavy atom. The first-order valence-corrected chi connectivity index (χ1v) is 8.54. The number of esters is 1. The van der Waals surface area contributed by atoms with Crippen molar-refractivity contribution >= 4 is 29.5 Å². The fraction of sp³-hybridized carbons (Fsp3) is 0.412. The van der Waals surface area contributed by atoms with Crippen LogP contribution >= 0.6 is 0 Å². The SMILES string of the molecule is CCCCNC(=O)NC(=O)COC(=O)[C@H](C)NC(=O)c1cccc([N+](=O)[O-])c1. The third-order valence-electron chi connectivity index (χ3n) is 3.43. The van der Waals surface area contributed by atoms with Gasteiger partial charge >= 0.3 is 12.0 Å². The molecule has 11 heteroatoms. The number of benzene rings is 1. The zero-order chi connectivity index (χ0) is 21.1. The van der Waals surface area contributed by atoms with Crippen molar-refractivity contribution in [3.63, 3.8) is 0 Å². The van der Waals surface area contributed by atoms with Crippen LogP contribution in [0.5, 0.6) is 0 Å². The first kappa shape index (κ1) is 22.5. The number of carbonyl (C=O) groups is 4. The zero-order valence-corrected chi connectivity index (χ0v) is 15.5. The highest BCUT2D eigenvalue weighted by Crippen LogP contribution is 2.13. The zero-order valence-electron chi connectivity index (χ0n) is 15.5. The third-order valence-corrected chi connectivity index (χ3v) is 3.43. The standard InChI is InChI=1S/C17H22N4O7/c1-3-4-8-18-17(25)20-14(22)10-28-16(24)11(2)19-15(23)12-6-5-7-13(9-12)21(26)27/h5-7,9,11H,3-4,8,10H2,1-2H3,(H,19,23)(H2,18,20,22,25)/t11-/m0/s1. The largest absolute Gasteiger partial charge is 0.454 e. The first-order chi connectivity index (χ1) is 13.2. The maximum Gasteiger partial charge on any atom is 0.328 e. The van der Waals surface area contributed by atoms with Crippen LogP contribution < -0.4 is 16.0 Å². The van der Waals surface area contributed by atoms with E-state index in [4.69, 9.17) is 4.74 Å². The van der Waals surface area contributed by atoms with E-state index in [1.54, 1.807) is 0 Å². The lowest BCUT2D eigenvalue weighted by molar-refractivity contribution is -0.384. The smallest absolute Gasteiger partial charge is 0.328 e. The van der Waals surface area contributed by atoms with Gasteiger partial charge in [0, 0.05) is 24.2 Å². The number of nitro benzene ring substituents is 1. The van der Waals surface area contributed by atoms with Crippen molar-refractivity contribution < 1.29 is 28.8 Å². The van der Waals surface area contributed by atoms with Gasteiger partial charge in [0.2, 0.25) is 0 Å². The molecule has 0 aliphatic heterocycles. The Balaban J connectivity index is 2.45. The van der Waals surface area contributed by atoms with E-state index >= 15 is 0 Å². The summed E-state index contributed by atoms with van der Waals surface area (Å²) >= 11 is 0.